The topological polar surface area (TPSA) is 53.6 Å². The smallest absolute Gasteiger partial charge is 0.363 e. The monoisotopic (exact) mass is 354 g/mol. The molecule has 3 aromatic rings. The number of pyridine rings is 1. The highest BCUT2D eigenvalue weighted by Gasteiger charge is 2.30. The fourth-order valence-electron chi connectivity index (χ4n) is 2.24. The lowest BCUT2D eigenvalue weighted by Gasteiger charge is -2.09. The molecule has 0 radical (unpaired) electrons. The fourth-order valence-corrected chi connectivity index (χ4v) is 2.24. The molecule has 0 aliphatic rings. The van der Waals surface area contributed by atoms with E-state index >= 15 is 0 Å². The molecule has 130 valence electrons. The average molecular weight is 354 g/mol. The zero-order valence-electron chi connectivity index (χ0n) is 12.5. The number of hydrogen-bond acceptors (Lipinski definition) is 3. The summed E-state index contributed by atoms with van der Waals surface area (Å²) in [6, 6.07) is 5.26. The van der Waals surface area contributed by atoms with Crippen molar-refractivity contribution in [1.82, 2.24) is 15.2 Å². The first-order valence-corrected chi connectivity index (χ1v) is 7.09. The van der Waals surface area contributed by atoms with Gasteiger partial charge in [-0.3, -0.25) is 5.10 Å². The van der Waals surface area contributed by atoms with E-state index in [1.165, 1.54) is 18.3 Å². The van der Waals surface area contributed by atoms with Crippen LogP contribution in [0.2, 0.25) is 0 Å². The Kier molecular flexibility index (Phi) is 4.39. The molecule has 2 aromatic heterocycles. The lowest BCUT2D eigenvalue weighted by Crippen LogP contribution is -2.05. The molecule has 0 fully saturated rings. The minimum Gasteiger partial charge on any atom is -0.363 e. The number of halogens is 5. The van der Waals surface area contributed by atoms with E-state index in [1.807, 2.05) is 0 Å². The van der Waals surface area contributed by atoms with Gasteiger partial charge in [0.25, 0.3) is 0 Å². The first-order chi connectivity index (χ1) is 11.8. The van der Waals surface area contributed by atoms with E-state index in [2.05, 4.69) is 20.5 Å². The van der Waals surface area contributed by atoms with Gasteiger partial charge in [0.2, 0.25) is 0 Å². The zero-order valence-corrected chi connectivity index (χ0v) is 12.5. The molecule has 0 spiro atoms. The molecule has 0 unspecified atom stereocenters. The number of alkyl halides is 3. The minimum atomic E-state index is -4.41. The van der Waals surface area contributed by atoms with Crippen LogP contribution in [0.4, 0.5) is 27.8 Å². The van der Waals surface area contributed by atoms with Gasteiger partial charge in [-0.1, -0.05) is 12.1 Å². The molecule has 0 saturated carbocycles. The summed E-state index contributed by atoms with van der Waals surface area (Å²) in [6.07, 6.45) is -2.08. The molecular formula is C16H11F5N4. The summed E-state index contributed by atoms with van der Waals surface area (Å²) >= 11 is 0. The van der Waals surface area contributed by atoms with Crippen LogP contribution < -0.4 is 5.32 Å². The second-order valence-electron chi connectivity index (χ2n) is 5.18. The van der Waals surface area contributed by atoms with Crippen molar-refractivity contribution >= 4 is 5.82 Å². The summed E-state index contributed by atoms with van der Waals surface area (Å²) in [4.78, 5) is 3.60. The number of benzene rings is 1. The molecule has 25 heavy (non-hydrogen) atoms. The van der Waals surface area contributed by atoms with Gasteiger partial charge in [-0.05, 0) is 17.7 Å². The van der Waals surface area contributed by atoms with Crippen LogP contribution in [0.15, 0.2) is 42.7 Å². The molecule has 2 N–H and O–H groups in total. The molecule has 0 bridgehead atoms. The maximum absolute atomic E-state index is 13.6. The van der Waals surface area contributed by atoms with Crippen LogP contribution in [0.25, 0.3) is 11.3 Å². The molecule has 0 amide bonds. The summed E-state index contributed by atoms with van der Waals surface area (Å²) in [7, 11) is 0. The number of anilines is 1. The van der Waals surface area contributed by atoms with Crippen LogP contribution in [0.3, 0.4) is 0 Å². The summed E-state index contributed by atoms with van der Waals surface area (Å²) in [5, 5.41) is 9.25. The number of nitrogens with one attached hydrogen (secondary N) is 2. The first-order valence-electron chi connectivity index (χ1n) is 7.09. The number of aromatic amines is 1. The van der Waals surface area contributed by atoms with Gasteiger partial charge in [0, 0.05) is 18.2 Å². The molecular weight excluding hydrogens is 343 g/mol. The highest BCUT2D eigenvalue weighted by atomic mass is 19.4. The van der Waals surface area contributed by atoms with Crippen LogP contribution >= 0.6 is 0 Å². The molecule has 1 aromatic carbocycles. The van der Waals surface area contributed by atoms with E-state index in [9.17, 15) is 22.0 Å². The number of H-pyrrole nitrogens is 1. The Morgan fingerprint density at radius 3 is 2.40 bits per heavy atom. The van der Waals surface area contributed by atoms with Crippen molar-refractivity contribution in [3.63, 3.8) is 0 Å². The molecule has 2 heterocycles. The number of rotatable bonds is 4. The Hall–Kier alpha value is -2.97. The molecule has 9 heteroatoms. The second-order valence-corrected chi connectivity index (χ2v) is 5.18. The van der Waals surface area contributed by atoms with Crippen LogP contribution in [-0.2, 0) is 12.7 Å². The summed E-state index contributed by atoms with van der Waals surface area (Å²) in [5.74, 6) is -1.78. The maximum Gasteiger partial charge on any atom is 0.416 e. The third-order valence-electron chi connectivity index (χ3n) is 3.47. The maximum atomic E-state index is 13.6. The van der Waals surface area contributed by atoms with Crippen LogP contribution in [-0.4, -0.2) is 15.2 Å². The second kappa shape index (κ2) is 6.50. The Morgan fingerprint density at radius 1 is 1.04 bits per heavy atom. The van der Waals surface area contributed by atoms with Gasteiger partial charge in [0.15, 0.2) is 11.6 Å². The summed E-state index contributed by atoms with van der Waals surface area (Å²) in [5.41, 5.74) is 0.817. The van der Waals surface area contributed by atoms with Crippen LogP contribution in [0.1, 0.15) is 11.1 Å². The van der Waals surface area contributed by atoms with Gasteiger partial charge in [-0.15, -0.1) is 0 Å². The molecule has 4 nitrogen and oxygen atoms in total. The first kappa shape index (κ1) is 16.9. The van der Waals surface area contributed by atoms with Gasteiger partial charge >= 0.3 is 6.18 Å². The Morgan fingerprint density at radius 2 is 1.76 bits per heavy atom. The highest BCUT2D eigenvalue weighted by Crippen LogP contribution is 2.31. The molecule has 0 aliphatic carbocycles. The van der Waals surface area contributed by atoms with Crippen molar-refractivity contribution in [3.05, 3.63) is 65.5 Å². The fraction of sp³-hybridized carbons (Fsp3) is 0.125. The molecule has 0 atom stereocenters. The van der Waals surface area contributed by atoms with Gasteiger partial charge in [-0.25, -0.2) is 13.8 Å². The third-order valence-corrected chi connectivity index (χ3v) is 3.47. The Labute approximate surface area is 138 Å². The Bertz CT molecular complexity index is 871. The highest BCUT2D eigenvalue weighted by molar-refractivity contribution is 5.63. The van der Waals surface area contributed by atoms with E-state index in [0.29, 0.717) is 22.9 Å². The van der Waals surface area contributed by atoms with Crippen LogP contribution in [0, 0.1) is 11.6 Å². The van der Waals surface area contributed by atoms with Gasteiger partial charge in [0.1, 0.15) is 5.82 Å². The standard InChI is InChI=1S/C16H11F5N4/c17-12-5-13(18)15(23-8-12)22-6-10-7-24-25-14(10)9-1-3-11(4-2-9)16(19,20)21/h1-5,7-8H,6H2,(H,22,23)(H,24,25). The summed E-state index contributed by atoms with van der Waals surface area (Å²) in [6.45, 7) is 0.0996. The lowest BCUT2D eigenvalue weighted by molar-refractivity contribution is -0.137. The zero-order chi connectivity index (χ0) is 18.0. The SMILES string of the molecule is Fc1cnc(NCc2cn[nH]c2-c2ccc(C(F)(F)F)cc2)c(F)c1. The van der Waals surface area contributed by atoms with Crippen molar-refractivity contribution in [2.45, 2.75) is 12.7 Å². The number of nitrogens with zero attached hydrogens (tertiary/aromatic N) is 2. The summed E-state index contributed by atoms with van der Waals surface area (Å²) < 4.78 is 64.3. The largest absolute Gasteiger partial charge is 0.416 e. The predicted molar refractivity (Wildman–Crippen MR) is 80.5 cm³/mol. The van der Waals surface area contributed by atoms with E-state index in [-0.39, 0.29) is 12.4 Å². The quantitative estimate of drug-likeness (QED) is 0.684. The van der Waals surface area contributed by atoms with E-state index in [1.54, 1.807) is 0 Å². The van der Waals surface area contributed by atoms with Gasteiger partial charge < -0.3 is 5.32 Å². The van der Waals surface area contributed by atoms with Crippen LogP contribution in [0.5, 0.6) is 0 Å². The third kappa shape index (κ3) is 3.76. The Balaban J connectivity index is 1.78. The molecule has 0 saturated heterocycles. The molecule has 0 aliphatic heterocycles. The predicted octanol–water partition coefficient (Wildman–Crippen LogP) is 4.38. The number of aromatic nitrogens is 3. The number of hydrogen-bond donors (Lipinski definition) is 2. The van der Waals surface area contributed by atoms with Crippen molar-refractivity contribution < 1.29 is 22.0 Å². The van der Waals surface area contributed by atoms with Crippen molar-refractivity contribution in [2.24, 2.45) is 0 Å². The van der Waals surface area contributed by atoms with Crippen molar-refractivity contribution in [2.75, 3.05) is 5.32 Å². The van der Waals surface area contributed by atoms with E-state index < -0.39 is 23.4 Å². The lowest BCUT2D eigenvalue weighted by atomic mass is 10.1. The van der Waals surface area contributed by atoms with Gasteiger partial charge in [0.05, 0.1) is 23.7 Å². The van der Waals surface area contributed by atoms with Crippen molar-refractivity contribution in [3.8, 4) is 11.3 Å². The molecule has 3 rings (SSSR count). The normalized spacial score (nSPS) is 11.6. The average Bonchev–Trinajstić information content (AvgIpc) is 3.02. The van der Waals surface area contributed by atoms with Gasteiger partial charge in [-0.2, -0.15) is 18.3 Å². The van der Waals surface area contributed by atoms with Crippen molar-refractivity contribution in [1.29, 1.82) is 0 Å². The van der Waals surface area contributed by atoms with E-state index in [0.717, 1.165) is 18.3 Å². The van der Waals surface area contributed by atoms with E-state index in [4.69, 9.17) is 0 Å². The minimum absolute atomic E-state index is 0.0996.